The quantitative estimate of drug-likeness (QED) is 0.0111. The number of benzene rings is 2. The maximum absolute atomic E-state index is 14.7. The molecule has 0 aliphatic heterocycles. The van der Waals surface area contributed by atoms with Crippen LogP contribution in [-0.4, -0.2) is 225 Å². The minimum Gasteiger partial charge on any atom is -0.481 e. The third-order valence-corrected chi connectivity index (χ3v) is 16.6. The van der Waals surface area contributed by atoms with Crippen molar-refractivity contribution in [3.63, 3.8) is 0 Å². The Bertz CT molecular complexity index is 3670. The number of aliphatic carboxylic acids is 2. The first-order chi connectivity index (χ1) is 49.8. The third kappa shape index (κ3) is 29.1. The molecule has 0 spiro atoms. The van der Waals surface area contributed by atoms with Gasteiger partial charge < -0.3 is 123 Å². The zero-order chi connectivity index (χ0) is 78.0. The number of aliphatic hydroxyl groups excluding tert-OH is 2. The Morgan fingerprint density at radius 2 is 0.857 bits per heavy atom. The Kier molecular flexibility index (Phi) is 36.3. The van der Waals surface area contributed by atoms with E-state index in [2.05, 4.69) is 73.4 Å². The second-order valence-corrected chi connectivity index (χ2v) is 25.9. The van der Waals surface area contributed by atoms with E-state index in [0.29, 0.717) is 58.7 Å². The number of nitrogens with one attached hydrogen (secondary N) is 13. The summed E-state index contributed by atoms with van der Waals surface area (Å²) in [6.45, 7) is 4.28. The first kappa shape index (κ1) is 86.6. The highest BCUT2D eigenvalue weighted by Crippen LogP contribution is 2.22. The number of aliphatic imine (C=N–C) groups is 1. The second kappa shape index (κ2) is 44.0. The number of para-hydroxylation sites is 2. The predicted molar refractivity (Wildman–Crippen MR) is 382 cm³/mol. The number of primary amides is 1. The van der Waals surface area contributed by atoms with Crippen molar-refractivity contribution < 1.29 is 87.5 Å². The molecule has 2 aromatic heterocycles. The molecule has 12 amide bonds. The van der Waals surface area contributed by atoms with Crippen LogP contribution in [0.1, 0.15) is 109 Å². The van der Waals surface area contributed by atoms with Crippen molar-refractivity contribution in [3.05, 3.63) is 72.1 Å². The predicted octanol–water partition coefficient (Wildman–Crippen LogP) is -5.84. The van der Waals surface area contributed by atoms with Gasteiger partial charge in [0.1, 0.15) is 66.5 Å². The number of aromatic nitrogens is 2. The summed E-state index contributed by atoms with van der Waals surface area (Å²) < 4.78 is 0. The molecule has 0 saturated heterocycles. The van der Waals surface area contributed by atoms with Gasteiger partial charge in [-0.05, 0) is 106 Å². The number of unbranched alkanes of at least 4 members (excludes halogenated alkanes) is 2. The Balaban J connectivity index is 1.66. The van der Waals surface area contributed by atoms with Crippen molar-refractivity contribution in [1.82, 2.24) is 68.5 Å². The van der Waals surface area contributed by atoms with E-state index in [1.165, 1.54) is 20.0 Å². The van der Waals surface area contributed by atoms with Crippen molar-refractivity contribution in [2.75, 3.05) is 39.4 Å². The molecule has 578 valence electrons. The number of rotatable bonds is 48. The average Bonchev–Trinajstić information content (AvgIpc) is 1.72. The normalized spacial score (nSPS) is 14.4. The monoisotopic (exact) mass is 1470 g/mol. The SMILES string of the molecule is CC(C)C[C@H](NC(=O)[C@H](Cc1c[nH]c2ccccc12)NC(=O)[C@H](CO)NC(=O)CNC(=O)[C@@H](N)CO)C(=O)N[C@@H](CCCN=C(N)N)C(=O)N[C@@H](CC(=O)O)C(=O)N[C@H](C(=O)N[C@@H](Cc1c[nH]c2ccccc12)C(=O)N[C@@H](CC(=O)O)C(=O)N[C@@H](CCCCN)C(=O)N[C@@H](CCCCN)C(N)=O)C(C)C. The van der Waals surface area contributed by atoms with Gasteiger partial charge in [-0.15, -0.1) is 0 Å². The lowest BCUT2D eigenvalue weighted by atomic mass is 9.99. The molecule has 0 aliphatic rings. The van der Waals surface area contributed by atoms with Gasteiger partial charge in [0.25, 0.3) is 0 Å². The van der Waals surface area contributed by atoms with Crippen LogP contribution < -0.4 is 92.9 Å². The van der Waals surface area contributed by atoms with Gasteiger partial charge in [0, 0.05) is 53.6 Å². The summed E-state index contributed by atoms with van der Waals surface area (Å²) in [5, 5.41) is 67.9. The molecule has 4 rings (SSSR count). The number of nitrogens with two attached hydrogens (primary N) is 6. The summed E-state index contributed by atoms with van der Waals surface area (Å²) in [5.74, 6) is -17.2. The summed E-state index contributed by atoms with van der Waals surface area (Å²) in [6.07, 6.45) is 1.55. The molecule has 0 bridgehead atoms. The number of hydrogen-bond acceptors (Lipinski definition) is 20. The summed E-state index contributed by atoms with van der Waals surface area (Å²) in [5.41, 5.74) is 35.7. The van der Waals surface area contributed by atoms with Crippen molar-refractivity contribution in [2.24, 2.45) is 51.2 Å². The number of carbonyl (C=O) groups is 14. The molecule has 2 aromatic carbocycles. The molecule has 4 aromatic rings. The van der Waals surface area contributed by atoms with Crippen LogP contribution >= 0.6 is 0 Å². The van der Waals surface area contributed by atoms with E-state index in [4.69, 9.17) is 34.4 Å². The van der Waals surface area contributed by atoms with E-state index < -0.39 is 188 Å². The van der Waals surface area contributed by atoms with Crippen LogP contribution in [0.25, 0.3) is 21.8 Å². The Labute approximate surface area is 604 Å². The van der Waals surface area contributed by atoms with E-state index in [0.717, 1.165) is 0 Å². The molecule has 0 saturated carbocycles. The van der Waals surface area contributed by atoms with E-state index in [1.807, 2.05) is 0 Å². The summed E-state index contributed by atoms with van der Waals surface area (Å²) in [6, 6.07) is -3.83. The maximum Gasteiger partial charge on any atom is 0.305 e. The van der Waals surface area contributed by atoms with Gasteiger partial charge in [0.15, 0.2) is 5.96 Å². The average molecular weight is 1480 g/mol. The largest absolute Gasteiger partial charge is 0.481 e. The summed E-state index contributed by atoms with van der Waals surface area (Å²) in [4.78, 5) is 202. The Morgan fingerprint density at radius 1 is 0.457 bits per heavy atom. The van der Waals surface area contributed by atoms with Gasteiger partial charge in [0.2, 0.25) is 70.9 Å². The van der Waals surface area contributed by atoms with E-state index in [1.54, 1.807) is 68.6 Å². The number of aromatic amines is 2. The number of H-pyrrole nitrogens is 2. The minimum atomic E-state index is -2.02. The Morgan fingerprint density at radius 3 is 1.30 bits per heavy atom. The Hall–Kier alpha value is -10.8. The van der Waals surface area contributed by atoms with Crippen molar-refractivity contribution in [2.45, 2.75) is 178 Å². The number of aliphatic hydroxyl groups is 2. The highest BCUT2D eigenvalue weighted by molar-refractivity contribution is 6.01. The lowest BCUT2D eigenvalue weighted by Gasteiger charge is -2.29. The van der Waals surface area contributed by atoms with Gasteiger partial charge >= 0.3 is 11.9 Å². The topological polar surface area (TPSA) is 652 Å². The zero-order valence-corrected chi connectivity index (χ0v) is 59.1. The number of carbonyl (C=O) groups excluding carboxylic acids is 12. The second-order valence-electron chi connectivity index (χ2n) is 25.9. The summed E-state index contributed by atoms with van der Waals surface area (Å²) in [7, 11) is 0. The highest BCUT2D eigenvalue weighted by Gasteiger charge is 2.38. The van der Waals surface area contributed by atoms with Crippen LogP contribution in [0.2, 0.25) is 0 Å². The van der Waals surface area contributed by atoms with Crippen LogP contribution in [0.3, 0.4) is 0 Å². The highest BCUT2D eigenvalue weighted by atomic mass is 16.4. The fourth-order valence-electron chi connectivity index (χ4n) is 11.0. The van der Waals surface area contributed by atoms with Crippen molar-refractivity contribution >= 4 is 111 Å². The summed E-state index contributed by atoms with van der Waals surface area (Å²) >= 11 is 0. The number of carboxylic acids is 2. The van der Waals surface area contributed by atoms with Crippen LogP contribution in [0.4, 0.5) is 0 Å². The molecule has 105 heavy (non-hydrogen) atoms. The molecule has 11 atom stereocenters. The van der Waals surface area contributed by atoms with Crippen LogP contribution in [-0.2, 0) is 80.0 Å². The maximum atomic E-state index is 14.7. The van der Waals surface area contributed by atoms with Gasteiger partial charge in [-0.2, -0.15) is 0 Å². The number of guanidine groups is 1. The number of fused-ring (bicyclic) bond motifs is 2. The molecule has 0 fully saturated rings. The fourth-order valence-corrected chi connectivity index (χ4v) is 11.0. The molecule has 0 radical (unpaired) electrons. The molecular formula is C67H102N20O18. The molecule has 2 heterocycles. The molecule has 38 heteroatoms. The number of hydrogen-bond donors (Lipinski definition) is 23. The van der Waals surface area contributed by atoms with Gasteiger partial charge in [-0.25, -0.2) is 0 Å². The first-order valence-electron chi connectivity index (χ1n) is 34.4. The molecular weight excluding hydrogens is 1370 g/mol. The van der Waals surface area contributed by atoms with Crippen LogP contribution in [0.5, 0.6) is 0 Å². The molecule has 29 N–H and O–H groups in total. The van der Waals surface area contributed by atoms with Crippen LogP contribution in [0, 0.1) is 11.8 Å². The third-order valence-electron chi connectivity index (χ3n) is 16.6. The first-order valence-corrected chi connectivity index (χ1v) is 34.4. The molecule has 38 nitrogen and oxygen atoms in total. The number of amides is 12. The van der Waals surface area contributed by atoms with Crippen molar-refractivity contribution in [1.29, 1.82) is 0 Å². The fraction of sp³-hybridized carbons (Fsp3) is 0.537. The zero-order valence-electron chi connectivity index (χ0n) is 59.1. The lowest BCUT2D eigenvalue weighted by Crippen LogP contribution is -2.62. The molecule has 0 aliphatic carbocycles. The van der Waals surface area contributed by atoms with E-state index in [-0.39, 0.29) is 76.3 Å². The van der Waals surface area contributed by atoms with Gasteiger partial charge in [-0.3, -0.25) is 72.1 Å². The molecule has 0 unspecified atom stereocenters. The van der Waals surface area contributed by atoms with Crippen molar-refractivity contribution in [3.8, 4) is 0 Å². The van der Waals surface area contributed by atoms with Gasteiger partial charge in [-0.1, -0.05) is 64.1 Å². The van der Waals surface area contributed by atoms with Gasteiger partial charge in [0.05, 0.1) is 32.6 Å². The lowest BCUT2D eigenvalue weighted by molar-refractivity contribution is -0.142. The standard InChI is InChI=1S/C67H102N20O18/c1-34(2)24-46(82-61(100)47(25-36-29-75-41-16-7-5-14-38(36)41)83-65(104)51(33-89)78-52(90)31-77-57(96)40(70)32-88)60(99)81-45(20-13-23-74-67(72)73)59(98)84-50(28-54(93)94)64(103)87-55(35(3)4)66(105)86-48(26-37-30-76-42-17-8-6-15-39(37)42)62(101)85-49(27-53(91)92)63(102)80-44(19-10-12-22-69)58(97)79-43(56(71)95)18-9-11-21-68/h5-8,14-17,29-30,34-35,40,43-51,55,75-76,88-89H,9-13,18-28,31-33,68-70H2,1-4H3,(H2,71,95)(H,77,96)(H,78,90)(H,79,97)(H,80,102)(H,81,99)(H,82,100)(H,83,104)(H,84,98)(H,85,101)(H,86,105)(H,87,103)(H,91,92)(H,93,94)(H4,72,73,74)/t40-,43-,44-,45-,46-,47-,48-,49-,50-,51-,55-/m0/s1. The van der Waals surface area contributed by atoms with E-state index in [9.17, 15) is 87.5 Å². The van der Waals surface area contributed by atoms with Crippen LogP contribution in [0.15, 0.2) is 65.9 Å². The smallest absolute Gasteiger partial charge is 0.305 e. The number of carboxylic acid groups (broad SMARTS) is 2. The minimum absolute atomic E-state index is 0.0380. The number of nitrogens with zero attached hydrogens (tertiary/aromatic N) is 1. The van der Waals surface area contributed by atoms with E-state index >= 15 is 0 Å².